The number of hydrogen-bond acceptors (Lipinski definition) is 5. The number of aryl methyl sites for hydroxylation is 1. The van der Waals surface area contributed by atoms with E-state index in [4.69, 9.17) is 9.84 Å². The van der Waals surface area contributed by atoms with E-state index < -0.39 is 10.0 Å². The quantitative estimate of drug-likeness (QED) is 0.749. The molecule has 0 radical (unpaired) electrons. The van der Waals surface area contributed by atoms with Gasteiger partial charge in [-0.05, 0) is 32.6 Å². The third-order valence-electron chi connectivity index (χ3n) is 3.76. The number of nitrogens with zero attached hydrogens (tertiary/aromatic N) is 2. The average molecular weight is 317 g/mol. The first-order valence-electron chi connectivity index (χ1n) is 7.18. The third kappa shape index (κ3) is 3.82. The summed E-state index contributed by atoms with van der Waals surface area (Å²) in [6.45, 7) is 5.48. The van der Waals surface area contributed by atoms with Gasteiger partial charge in [-0.25, -0.2) is 13.1 Å². The van der Waals surface area contributed by atoms with Crippen LogP contribution in [0.5, 0.6) is 0 Å². The van der Waals surface area contributed by atoms with Crippen molar-refractivity contribution in [3.05, 3.63) is 11.4 Å². The fraction of sp³-hybridized carbons (Fsp3) is 0.769. The summed E-state index contributed by atoms with van der Waals surface area (Å²) < 4.78 is 34.3. The minimum Gasteiger partial charge on any atom is -0.394 e. The molecule has 7 nitrogen and oxygen atoms in total. The van der Waals surface area contributed by atoms with Crippen molar-refractivity contribution >= 4 is 10.0 Å². The van der Waals surface area contributed by atoms with Crippen molar-refractivity contribution < 1.29 is 18.3 Å². The van der Waals surface area contributed by atoms with E-state index in [2.05, 4.69) is 9.82 Å². The van der Waals surface area contributed by atoms with Crippen LogP contribution in [0.2, 0.25) is 0 Å². The molecule has 1 unspecified atom stereocenters. The Labute approximate surface area is 125 Å². The van der Waals surface area contributed by atoms with Crippen molar-refractivity contribution in [2.24, 2.45) is 5.92 Å². The van der Waals surface area contributed by atoms with Crippen LogP contribution in [0.25, 0.3) is 0 Å². The standard InChI is InChI=1S/C13H23N3O4S/c1-10-13(11(2)16(15-10)6-7-17)21(18,19)14-5-3-12-4-8-20-9-12/h12,14,17H,3-9H2,1-2H3. The third-order valence-corrected chi connectivity index (χ3v) is 5.48. The lowest BCUT2D eigenvalue weighted by Crippen LogP contribution is -2.27. The molecule has 1 aromatic heterocycles. The van der Waals surface area contributed by atoms with Crippen molar-refractivity contribution in [1.29, 1.82) is 0 Å². The maximum atomic E-state index is 12.4. The molecule has 21 heavy (non-hydrogen) atoms. The highest BCUT2D eigenvalue weighted by atomic mass is 32.2. The molecule has 1 aliphatic heterocycles. The van der Waals surface area contributed by atoms with Gasteiger partial charge in [0, 0.05) is 19.8 Å². The van der Waals surface area contributed by atoms with Gasteiger partial charge >= 0.3 is 0 Å². The summed E-state index contributed by atoms with van der Waals surface area (Å²) in [6, 6.07) is 0. The van der Waals surface area contributed by atoms with Gasteiger partial charge in [-0.3, -0.25) is 4.68 Å². The molecule has 8 heteroatoms. The van der Waals surface area contributed by atoms with Gasteiger partial charge in [-0.15, -0.1) is 0 Å². The zero-order valence-electron chi connectivity index (χ0n) is 12.5. The molecular formula is C13H23N3O4S. The predicted octanol–water partition coefficient (Wildman–Crippen LogP) is 0.197. The Kier molecular flexibility index (Phi) is 5.37. The maximum Gasteiger partial charge on any atom is 0.244 e. The monoisotopic (exact) mass is 317 g/mol. The number of hydrogen-bond donors (Lipinski definition) is 2. The Hall–Kier alpha value is -0.960. The second kappa shape index (κ2) is 6.87. The minimum absolute atomic E-state index is 0.0729. The normalized spacial score (nSPS) is 19.3. The number of aliphatic hydroxyl groups excluding tert-OH is 1. The van der Waals surface area contributed by atoms with Gasteiger partial charge in [0.05, 0.1) is 24.5 Å². The number of rotatable bonds is 7. The van der Waals surface area contributed by atoms with E-state index in [9.17, 15) is 8.42 Å². The van der Waals surface area contributed by atoms with Crippen LogP contribution < -0.4 is 4.72 Å². The number of sulfonamides is 1. The molecule has 1 saturated heterocycles. The summed E-state index contributed by atoms with van der Waals surface area (Å²) in [6.07, 6.45) is 1.77. The van der Waals surface area contributed by atoms with Gasteiger partial charge in [0.25, 0.3) is 0 Å². The molecule has 2 rings (SSSR count). The average Bonchev–Trinajstić information content (AvgIpc) is 2.99. The second-order valence-corrected chi connectivity index (χ2v) is 7.07. The highest BCUT2D eigenvalue weighted by molar-refractivity contribution is 7.89. The van der Waals surface area contributed by atoms with Crippen LogP contribution in [-0.4, -0.2) is 49.7 Å². The number of nitrogens with one attached hydrogen (secondary N) is 1. The largest absolute Gasteiger partial charge is 0.394 e. The molecule has 1 aliphatic rings. The Morgan fingerprint density at radius 3 is 2.86 bits per heavy atom. The van der Waals surface area contributed by atoms with E-state index in [0.717, 1.165) is 19.4 Å². The number of aromatic nitrogens is 2. The minimum atomic E-state index is -3.57. The summed E-state index contributed by atoms with van der Waals surface area (Å²) >= 11 is 0. The Balaban J connectivity index is 2.04. The Morgan fingerprint density at radius 1 is 1.48 bits per heavy atom. The van der Waals surface area contributed by atoms with Gasteiger partial charge in [-0.2, -0.15) is 5.10 Å². The number of ether oxygens (including phenoxy) is 1. The van der Waals surface area contributed by atoms with E-state index in [1.165, 1.54) is 4.68 Å². The van der Waals surface area contributed by atoms with Crippen molar-refractivity contribution in [2.45, 2.75) is 38.1 Å². The van der Waals surface area contributed by atoms with Crippen LogP contribution in [0.4, 0.5) is 0 Å². The summed E-state index contributed by atoms with van der Waals surface area (Å²) in [7, 11) is -3.57. The lowest BCUT2D eigenvalue weighted by molar-refractivity contribution is 0.184. The first-order chi connectivity index (χ1) is 9.95. The fourth-order valence-electron chi connectivity index (χ4n) is 2.66. The molecule has 2 N–H and O–H groups in total. The van der Waals surface area contributed by atoms with Gasteiger partial charge < -0.3 is 9.84 Å². The van der Waals surface area contributed by atoms with Crippen LogP contribution in [-0.2, 0) is 21.3 Å². The topological polar surface area (TPSA) is 93.5 Å². The molecule has 0 aliphatic carbocycles. The van der Waals surface area contributed by atoms with Gasteiger partial charge in [0.15, 0.2) is 0 Å². The van der Waals surface area contributed by atoms with E-state index in [1.807, 2.05) is 0 Å². The lowest BCUT2D eigenvalue weighted by atomic mass is 10.1. The predicted molar refractivity (Wildman–Crippen MR) is 77.5 cm³/mol. The van der Waals surface area contributed by atoms with Gasteiger partial charge in [0.1, 0.15) is 4.90 Å². The van der Waals surface area contributed by atoms with Crippen LogP contribution >= 0.6 is 0 Å². The molecule has 0 amide bonds. The van der Waals surface area contributed by atoms with E-state index in [1.54, 1.807) is 13.8 Å². The molecule has 1 fully saturated rings. The van der Waals surface area contributed by atoms with E-state index >= 15 is 0 Å². The van der Waals surface area contributed by atoms with Gasteiger partial charge in [0.2, 0.25) is 10.0 Å². The Morgan fingerprint density at radius 2 is 2.24 bits per heavy atom. The van der Waals surface area contributed by atoms with Crippen molar-refractivity contribution in [2.75, 3.05) is 26.4 Å². The fourth-order valence-corrected chi connectivity index (χ4v) is 4.12. The molecule has 1 atom stereocenters. The smallest absolute Gasteiger partial charge is 0.244 e. The van der Waals surface area contributed by atoms with Crippen molar-refractivity contribution in [1.82, 2.24) is 14.5 Å². The van der Waals surface area contributed by atoms with Crippen LogP contribution in [0.1, 0.15) is 24.2 Å². The first-order valence-corrected chi connectivity index (χ1v) is 8.66. The maximum absolute atomic E-state index is 12.4. The summed E-state index contributed by atoms with van der Waals surface area (Å²) in [5, 5.41) is 13.1. The summed E-state index contributed by atoms with van der Waals surface area (Å²) in [5.74, 6) is 0.437. The van der Waals surface area contributed by atoms with Gasteiger partial charge in [-0.1, -0.05) is 0 Å². The molecule has 0 saturated carbocycles. The highest BCUT2D eigenvalue weighted by Gasteiger charge is 2.25. The molecule has 120 valence electrons. The molecule has 0 bridgehead atoms. The zero-order valence-corrected chi connectivity index (χ0v) is 13.3. The van der Waals surface area contributed by atoms with Crippen LogP contribution in [0, 0.1) is 19.8 Å². The molecule has 0 aromatic carbocycles. The Bertz CT molecular complexity index is 576. The SMILES string of the molecule is Cc1nn(CCO)c(C)c1S(=O)(=O)NCCC1CCOC1. The van der Waals surface area contributed by atoms with Crippen LogP contribution in [0.15, 0.2) is 4.90 Å². The van der Waals surface area contributed by atoms with E-state index in [0.29, 0.717) is 37.0 Å². The number of aliphatic hydroxyl groups is 1. The zero-order chi connectivity index (χ0) is 15.5. The summed E-state index contributed by atoms with van der Waals surface area (Å²) in [4.78, 5) is 0.221. The molecule has 2 heterocycles. The second-order valence-electron chi connectivity index (χ2n) is 5.36. The van der Waals surface area contributed by atoms with E-state index in [-0.39, 0.29) is 11.5 Å². The molecular weight excluding hydrogens is 294 g/mol. The summed E-state index contributed by atoms with van der Waals surface area (Å²) in [5.41, 5.74) is 1.01. The molecule has 0 spiro atoms. The molecule has 1 aromatic rings. The van der Waals surface area contributed by atoms with Crippen LogP contribution in [0.3, 0.4) is 0 Å². The lowest BCUT2D eigenvalue weighted by Gasteiger charge is -2.10. The first kappa shape index (κ1) is 16.4. The van der Waals surface area contributed by atoms with Crippen molar-refractivity contribution in [3.63, 3.8) is 0 Å². The highest BCUT2D eigenvalue weighted by Crippen LogP contribution is 2.20. The van der Waals surface area contributed by atoms with Crippen molar-refractivity contribution in [3.8, 4) is 0 Å².